The highest BCUT2D eigenvalue weighted by Crippen LogP contribution is 2.32. The smallest absolute Gasteiger partial charge is 0.170 e. The number of rotatable bonds is 6. The molecule has 1 aromatic heterocycles. The van der Waals surface area contributed by atoms with Crippen molar-refractivity contribution in [3.05, 3.63) is 59.5 Å². The number of aryl methyl sites for hydroxylation is 1. The van der Waals surface area contributed by atoms with Gasteiger partial charge in [0, 0.05) is 23.9 Å². The number of hydrogen-bond donors (Lipinski definition) is 0. The number of hydrogen-bond acceptors (Lipinski definition) is 4. The van der Waals surface area contributed by atoms with E-state index in [1.807, 2.05) is 18.2 Å². The number of nitrogens with zero attached hydrogens (tertiary/aromatic N) is 2. The fourth-order valence-corrected chi connectivity index (χ4v) is 3.84. The van der Waals surface area contributed by atoms with Gasteiger partial charge < -0.3 is 14.2 Å². The Morgan fingerprint density at radius 2 is 2.00 bits per heavy atom. The van der Waals surface area contributed by atoms with Gasteiger partial charge in [-0.3, -0.25) is 0 Å². The first-order valence-electron chi connectivity index (χ1n) is 9.66. The van der Waals surface area contributed by atoms with E-state index in [9.17, 15) is 4.39 Å². The minimum atomic E-state index is -0.284. The molecule has 0 saturated carbocycles. The summed E-state index contributed by atoms with van der Waals surface area (Å²) in [6.07, 6.45) is 3.13. The van der Waals surface area contributed by atoms with Gasteiger partial charge in [-0.2, -0.15) is 0 Å². The van der Waals surface area contributed by atoms with Crippen molar-refractivity contribution in [3.63, 3.8) is 0 Å². The molecule has 0 unspecified atom stereocenters. The predicted octanol–water partition coefficient (Wildman–Crippen LogP) is 4.92. The molecule has 0 N–H and O–H groups in total. The van der Waals surface area contributed by atoms with Gasteiger partial charge in [0.15, 0.2) is 5.58 Å². The highest BCUT2D eigenvalue weighted by atomic mass is 19.1. The molecule has 0 bridgehead atoms. The summed E-state index contributed by atoms with van der Waals surface area (Å²) in [5.41, 5.74) is 2.70. The molecule has 27 heavy (non-hydrogen) atoms. The highest BCUT2D eigenvalue weighted by Gasteiger charge is 2.24. The van der Waals surface area contributed by atoms with Crippen molar-refractivity contribution in [3.8, 4) is 5.75 Å². The van der Waals surface area contributed by atoms with E-state index in [0.717, 1.165) is 62.3 Å². The molecular weight excluding hydrogens is 343 g/mol. The Labute approximate surface area is 158 Å². The topological polar surface area (TPSA) is 38.5 Å². The molecule has 4 rings (SSSR count). The Hall–Kier alpha value is -2.40. The lowest BCUT2D eigenvalue weighted by atomic mass is 9.91. The summed E-state index contributed by atoms with van der Waals surface area (Å²) in [5, 5.41) is 5.17. The monoisotopic (exact) mass is 368 g/mol. The summed E-state index contributed by atoms with van der Waals surface area (Å²) in [5.74, 6) is 1.08. The maximum absolute atomic E-state index is 13.3. The molecule has 0 atom stereocenters. The van der Waals surface area contributed by atoms with E-state index in [0.29, 0.717) is 11.5 Å². The normalized spacial score (nSPS) is 16.1. The van der Waals surface area contributed by atoms with E-state index >= 15 is 0 Å². The van der Waals surface area contributed by atoms with Gasteiger partial charge >= 0.3 is 0 Å². The molecule has 0 spiro atoms. The molecule has 3 aromatic rings. The predicted molar refractivity (Wildman–Crippen MR) is 104 cm³/mol. The van der Waals surface area contributed by atoms with Crippen LogP contribution >= 0.6 is 0 Å². The molecule has 4 nitrogen and oxygen atoms in total. The average Bonchev–Trinajstić information content (AvgIpc) is 3.10. The molecule has 1 saturated heterocycles. The van der Waals surface area contributed by atoms with E-state index in [-0.39, 0.29) is 5.82 Å². The van der Waals surface area contributed by atoms with Crippen LogP contribution in [0.25, 0.3) is 11.0 Å². The van der Waals surface area contributed by atoms with E-state index in [1.54, 1.807) is 6.07 Å². The molecule has 1 aliphatic rings. The van der Waals surface area contributed by atoms with Gasteiger partial charge in [0.05, 0.1) is 12.3 Å². The molecular formula is C22H25FN2O2. The van der Waals surface area contributed by atoms with Gasteiger partial charge in [-0.1, -0.05) is 23.4 Å². The number of piperidine rings is 1. The number of halogens is 1. The molecule has 0 aliphatic carbocycles. The van der Waals surface area contributed by atoms with E-state index < -0.39 is 0 Å². The molecule has 0 radical (unpaired) electrons. The van der Waals surface area contributed by atoms with Crippen molar-refractivity contribution in [1.29, 1.82) is 0 Å². The quantitative estimate of drug-likeness (QED) is 0.579. The lowest BCUT2D eigenvalue weighted by Gasteiger charge is -2.31. The summed E-state index contributed by atoms with van der Waals surface area (Å²) in [4.78, 5) is 2.49. The van der Waals surface area contributed by atoms with Crippen LogP contribution in [-0.2, 0) is 0 Å². The van der Waals surface area contributed by atoms with Gasteiger partial charge in [-0.25, -0.2) is 4.39 Å². The first-order chi connectivity index (χ1) is 13.2. The number of benzene rings is 2. The van der Waals surface area contributed by atoms with Gasteiger partial charge in [-0.05, 0) is 63.0 Å². The van der Waals surface area contributed by atoms with Crippen molar-refractivity contribution >= 4 is 11.0 Å². The van der Waals surface area contributed by atoms with Crippen molar-refractivity contribution in [2.24, 2.45) is 0 Å². The summed E-state index contributed by atoms with van der Waals surface area (Å²) >= 11 is 0. The van der Waals surface area contributed by atoms with Gasteiger partial charge in [0.2, 0.25) is 0 Å². The third-order valence-electron chi connectivity index (χ3n) is 5.41. The maximum atomic E-state index is 13.3. The Bertz CT molecular complexity index is 900. The Morgan fingerprint density at radius 1 is 1.19 bits per heavy atom. The lowest BCUT2D eigenvalue weighted by Crippen LogP contribution is -2.34. The average molecular weight is 368 g/mol. The first kappa shape index (κ1) is 18.0. The van der Waals surface area contributed by atoms with Crippen LogP contribution in [0.2, 0.25) is 0 Å². The van der Waals surface area contributed by atoms with Crippen LogP contribution in [0, 0.1) is 12.7 Å². The third kappa shape index (κ3) is 4.14. The molecule has 0 amide bonds. The zero-order valence-electron chi connectivity index (χ0n) is 15.7. The Kier molecular flexibility index (Phi) is 5.39. The molecule has 142 valence electrons. The minimum absolute atomic E-state index is 0.284. The van der Waals surface area contributed by atoms with Crippen molar-refractivity contribution in [2.45, 2.75) is 32.1 Å². The number of para-hydroxylation sites is 1. The number of aromatic nitrogens is 1. The largest absolute Gasteiger partial charge is 0.493 e. The SMILES string of the molecule is Cc1ccccc1OCCCN1CCC(c2noc3cc(F)ccc23)CC1. The van der Waals surface area contributed by atoms with Crippen LogP contribution in [0.4, 0.5) is 4.39 Å². The summed E-state index contributed by atoms with van der Waals surface area (Å²) in [7, 11) is 0. The van der Waals surface area contributed by atoms with Crippen LogP contribution in [0.15, 0.2) is 47.0 Å². The summed E-state index contributed by atoms with van der Waals surface area (Å²) in [6.45, 7) is 5.95. The van der Waals surface area contributed by atoms with Crippen LogP contribution < -0.4 is 4.74 Å². The Balaban J connectivity index is 1.25. The standard InChI is InChI=1S/C22H25FN2O2/c1-16-5-2-3-6-20(16)26-14-4-11-25-12-9-17(10-13-25)22-19-8-7-18(23)15-21(19)27-24-22/h2-3,5-8,15,17H,4,9-14H2,1H3. The molecule has 2 aromatic carbocycles. The Morgan fingerprint density at radius 3 is 2.81 bits per heavy atom. The second-order valence-electron chi connectivity index (χ2n) is 7.29. The second-order valence-corrected chi connectivity index (χ2v) is 7.29. The lowest BCUT2D eigenvalue weighted by molar-refractivity contribution is 0.190. The number of likely N-dealkylation sites (tertiary alicyclic amines) is 1. The van der Waals surface area contributed by atoms with E-state index in [2.05, 4.69) is 23.0 Å². The van der Waals surface area contributed by atoms with Gasteiger partial charge in [0.25, 0.3) is 0 Å². The van der Waals surface area contributed by atoms with Crippen molar-refractivity contribution < 1.29 is 13.7 Å². The van der Waals surface area contributed by atoms with Crippen LogP contribution in [0.1, 0.15) is 36.4 Å². The van der Waals surface area contributed by atoms with Gasteiger partial charge in [0.1, 0.15) is 11.6 Å². The van der Waals surface area contributed by atoms with Gasteiger partial charge in [-0.15, -0.1) is 0 Å². The minimum Gasteiger partial charge on any atom is -0.493 e. The molecule has 1 fully saturated rings. The third-order valence-corrected chi connectivity index (χ3v) is 5.41. The van der Waals surface area contributed by atoms with Crippen molar-refractivity contribution in [1.82, 2.24) is 10.1 Å². The van der Waals surface area contributed by atoms with Crippen LogP contribution in [0.5, 0.6) is 5.75 Å². The summed E-state index contributed by atoms with van der Waals surface area (Å²) in [6, 6.07) is 12.8. The molecule has 2 heterocycles. The van der Waals surface area contributed by atoms with E-state index in [1.165, 1.54) is 17.7 Å². The summed E-state index contributed by atoms with van der Waals surface area (Å²) < 4.78 is 24.5. The highest BCUT2D eigenvalue weighted by molar-refractivity contribution is 5.79. The number of fused-ring (bicyclic) bond motifs is 1. The zero-order valence-corrected chi connectivity index (χ0v) is 15.7. The van der Waals surface area contributed by atoms with Crippen LogP contribution in [0.3, 0.4) is 0 Å². The fraction of sp³-hybridized carbons (Fsp3) is 0.409. The number of ether oxygens (including phenoxy) is 1. The fourth-order valence-electron chi connectivity index (χ4n) is 3.84. The molecule has 5 heteroatoms. The molecule has 1 aliphatic heterocycles. The maximum Gasteiger partial charge on any atom is 0.170 e. The van der Waals surface area contributed by atoms with E-state index in [4.69, 9.17) is 9.26 Å². The van der Waals surface area contributed by atoms with Crippen molar-refractivity contribution in [2.75, 3.05) is 26.2 Å². The first-order valence-corrected chi connectivity index (χ1v) is 9.66. The zero-order chi connectivity index (χ0) is 18.6. The van der Waals surface area contributed by atoms with Crippen LogP contribution in [-0.4, -0.2) is 36.3 Å². The second kappa shape index (κ2) is 8.09.